The van der Waals surface area contributed by atoms with Crippen LogP contribution in [0, 0.1) is 0 Å². The highest BCUT2D eigenvalue weighted by molar-refractivity contribution is 5.85. The molecule has 1 saturated heterocycles. The Hall–Kier alpha value is -0.120. The standard InChI is InChI=1S/C8H15NO.ClH.H2O/c1-2-5-9-6-3-4-8(10)7-9;;/h2-7H2,1H3;1H;1H2. The van der Waals surface area contributed by atoms with Gasteiger partial charge in [-0.25, -0.2) is 0 Å². The third kappa shape index (κ3) is 4.70. The van der Waals surface area contributed by atoms with Crippen molar-refractivity contribution in [2.45, 2.75) is 26.2 Å². The molecule has 12 heavy (non-hydrogen) atoms. The third-order valence-electron chi connectivity index (χ3n) is 1.87. The minimum Gasteiger partial charge on any atom is -0.412 e. The highest BCUT2D eigenvalue weighted by Gasteiger charge is 2.14. The normalized spacial score (nSPS) is 17.9. The second-order valence-corrected chi connectivity index (χ2v) is 2.92. The Morgan fingerprint density at radius 3 is 2.67 bits per heavy atom. The van der Waals surface area contributed by atoms with Gasteiger partial charge in [0.1, 0.15) is 5.78 Å². The fourth-order valence-corrected chi connectivity index (χ4v) is 1.41. The molecule has 1 heterocycles. The van der Waals surface area contributed by atoms with Gasteiger partial charge in [0, 0.05) is 6.42 Å². The molecular weight excluding hydrogens is 178 g/mol. The second-order valence-electron chi connectivity index (χ2n) is 2.92. The van der Waals surface area contributed by atoms with Crippen LogP contribution in [0.5, 0.6) is 0 Å². The van der Waals surface area contributed by atoms with E-state index in [4.69, 9.17) is 0 Å². The predicted molar refractivity (Wildman–Crippen MR) is 51.8 cm³/mol. The molecule has 0 unspecified atom stereocenters. The summed E-state index contributed by atoms with van der Waals surface area (Å²) in [6.45, 7) is 5.07. The van der Waals surface area contributed by atoms with Gasteiger partial charge in [-0.15, -0.1) is 12.4 Å². The Balaban J connectivity index is 0. The Bertz CT molecular complexity index is 128. The highest BCUT2D eigenvalue weighted by atomic mass is 35.5. The summed E-state index contributed by atoms with van der Waals surface area (Å²) < 4.78 is 0. The number of hydrogen-bond donors (Lipinski definition) is 0. The van der Waals surface area contributed by atoms with Crippen LogP contribution >= 0.6 is 12.4 Å². The number of rotatable bonds is 2. The minimum atomic E-state index is 0. The average molecular weight is 196 g/mol. The van der Waals surface area contributed by atoms with E-state index in [1.807, 2.05) is 0 Å². The summed E-state index contributed by atoms with van der Waals surface area (Å²) in [6.07, 6.45) is 3.03. The van der Waals surface area contributed by atoms with Gasteiger partial charge in [-0.1, -0.05) is 6.92 Å². The van der Waals surface area contributed by atoms with E-state index in [9.17, 15) is 4.79 Å². The molecule has 1 aliphatic heterocycles. The van der Waals surface area contributed by atoms with Crippen molar-refractivity contribution < 1.29 is 10.3 Å². The molecule has 0 aromatic carbocycles. The Labute approximate surface area is 79.8 Å². The van der Waals surface area contributed by atoms with Crippen molar-refractivity contribution in [3.05, 3.63) is 0 Å². The maximum absolute atomic E-state index is 10.9. The number of Topliss-reactive ketones (excluding diaryl/α,β-unsaturated/α-hetero) is 1. The van der Waals surface area contributed by atoms with E-state index in [-0.39, 0.29) is 17.9 Å². The SMILES string of the molecule is CCCN1CCCC(=O)C1.Cl.O. The summed E-state index contributed by atoms with van der Waals surface area (Å²) in [7, 11) is 0. The van der Waals surface area contributed by atoms with E-state index in [2.05, 4.69) is 11.8 Å². The molecule has 0 aliphatic carbocycles. The van der Waals surface area contributed by atoms with Gasteiger partial charge in [0.05, 0.1) is 6.54 Å². The number of carbonyl (C=O) groups is 1. The number of carbonyl (C=O) groups excluding carboxylic acids is 1. The van der Waals surface area contributed by atoms with Crippen LogP contribution in [0.4, 0.5) is 0 Å². The van der Waals surface area contributed by atoms with Crippen LogP contribution in [0.15, 0.2) is 0 Å². The van der Waals surface area contributed by atoms with Crippen molar-refractivity contribution in [1.82, 2.24) is 4.90 Å². The van der Waals surface area contributed by atoms with Crippen molar-refractivity contribution in [2.24, 2.45) is 0 Å². The van der Waals surface area contributed by atoms with Crippen LogP contribution < -0.4 is 0 Å². The molecule has 2 N–H and O–H groups in total. The summed E-state index contributed by atoms with van der Waals surface area (Å²) in [6, 6.07) is 0. The van der Waals surface area contributed by atoms with Crippen LogP contribution in [0.3, 0.4) is 0 Å². The third-order valence-corrected chi connectivity index (χ3v) is 1.87. The second kappa shape index (κ2) is 7.53. The van der Waals surface area contributed by atoms with Gasteiger partial charge >= 0.3 is 0 Å². The summed E-state index contributed by atoms with van der Waals surface area (Å²) >= 11 is 0. The molecule has 0 atom stereocenters. The van der Waals surface area contributed by atoms with Crippen LogP contribution in [-0.2, 0) is 4.79 Å². The van der Waals surface area contributed by atoms with Crippen molar-refractivity contribution in [1.29, 1.82) is 0 Å². The molecule has 0 aromatic heterocycles. The molecule has 1 aliphatic rings. The molecule has 4 heteroatoms. The lowest BCUT2D eigenvalue weighted by atomic mass is 10.1. The number of halogens is 1. The molecular formula is C8H18ClNO2. The zero-order valence-electron chi connectivity index (χ0n) is 7.51. The minimum absolute atomic E-state index is 0. The number of hydrogen-bond acceptors (Lipinski definition) is 2. The Morgan fingerprint density at radius 2 is 2.17 bits per heavy atom. The summed E-state index contributed by atoms with van der Waals surface area (Å²) in [5.41, 5.74) is 0. The van der Waals surface area contributed by atoms with E-state index in [1.165, 1.54) is 0 Å². The van der Waals surface area contributed by atoms with E-state index < -0.39 is 0 Å². The fraction of sp³-hybridized carbons (Fsp3) is 0.875. The van der Waals surface area contributed by atoms with Gasteiger partial charge < -0.3 is 5.48 Å². The molecule has 0 radical (unpaired) electrons. The number of ketones is 1. The van der Waals surface area contributed by atoms with E-state index in [0.717, 1.165) is 32.4 Å². The van der Waals surface area contributed by atoms with Gasteiger partial charge in [0.25, 0.3) is 0 Å². The zero-order chi connectivity index (χ0) is 7.40. The van der Waals surface area contributed by atoms with Crippen molar-refractivity contribution in [3.63, 3.8) is 0 Å². The van der Waals surface area contributed by atoms with Gasteiger partial charge in [0.15, 0.2) is 0 Å². The maximum Gasteiger partial charge on any atom is 0.146 e. The van der Waals surface area contributed by atoms with Crippen molar-refractivity contribution in [2.75, 3.05) is 19.6 Å². The largest absolute Gasteiger partial charge is 0.412 e. The number of piperidine rings is 1. The van der Waals surface area contributed by atoms with Crippen LogP contribution in [0.1, 0.15) is 26.2 Å². The molecule has 0 bridgehead atoms. The first-order chi connectivity index (χ1) is 4.83. The lowest BCUT2D eigenvalue weighted by Crippen LogP contribution is -2.35. The molecule has 0 spiro atoms. The lowest BCUT2D eigenvalue weighted by Gasteiger charge is -2.24. The summed E-state index contributed by atoms with van der Waals surface area (Å²) in [5, 5.41) is 0. The first-order valence-corrected chi connectivity index (χ1v) is 4.07. The Kier molecular flexibility index (Phi) is 9.03. The summed E-state index contributed by atoms with van der Waals surface area (Å²) in [5.74, 6) is 0.416. The molecule has 0 amide bonds. The molecule has 1 fully saturated rings. The molecule has 0 saturated carbocycles. The topological polar surface area (TPSA) is 51.8 Å². The first kappa shape index (κ1) is 14.4. The molecule has 3 nitrogen and oxygen atoms in total. The van der Waals surface area contributed by atoms with Crippen LogP contribution in [0.2, 0.25) is 0 Å². The van der Waals surface area contributed by atoms with E-state index >= 15 is 0 Å². The summed E-state index contributed by atoms with van der Waals surface area (Å²) in [4.78, 5) is 13.1. The predicted octanol–water partition coefficient (Wildman–Crippen LogP) is 0.658. The molecule has 74 valence electrons. The van der Waals surface area contributed by atoms with Gasteiger partial charge in [-0.2, -0.15) is 0 Å². The van der Waals surface area contributed by atoms with E-state index in [0.29, 0.717) is 12.3 Å². The van der Waals surface area contributed by atoms with Gasteiger partial charge in [0.2, 0.25) is 0 Å². The quantitative estimate of drug-likeness (QED) is 0.650. The van der Waals surface area contributed by atoms with E-state index in [1.54, 1.807) is 0 Å². The lowest BCUT2D eigenvalue weighted by molar-refractivity contribution is -0.122. The monoisotopic (exact) mass is 195 g/mol. The average Bonchev–Trinajstić information content (AvgIpc) is 1.88. The Morgan fingerprint density at radius 1 is 1.50 bits per heavy atom. The van der Waals surface area contributed by atoms with Crippen molar-refractivity contribution in [3.8, 4) is 0 Å². The van der Waals surface area contributed by atoms with Crippen LogP contribution in [0.25, 0.3) is 0 Å². The zero-order valence-corrected chi connectivity index (χ0v) is 8.32. The molecule has 1 rings (SSSR count). The van der Waals surface area contributed by atoms with Gasteiger partial charge in [-0.05, 0) is 25.9 Å². The van der Waals surface area contributed by atoms with Crippen molar-refractivity contribution >= 4 is 18.2 Å². The number of likely N-dealkylation sites (tertiary alicyclic amines) is 1. The van der Waals surface area contributed by atoms with Crippen LogP contribution in [-0.4, -0.2) is 35.8 Å². The maximum atomic E-state index is 10.9. The highest BCUT2D eigenvalue weighted by Crippen LogP contribution is 2.05. The molecule has 0 aromatic rings. The number of nitrogens with zero attached hydrogens (tertiary/aromatic N) is 1. The fourth-order valence-electron chi connectivity index (χ4n) is 1.41. The first-order valence-electron chi connectivity index (χ1n) is 4.07. The smallest absolute Gasteiger partial charge is 0.146 e. The van der Waals surface area contributed by atoms with Gasteiger partial charge in [-0.3, -0.25) is 9.69 Å².